The molecular formula is C12H17BrN4O3S. The van der Waals surface area contributed by atoms with Gasteiger partial charge >= 0.3 is 0 Å². The van der Waals surface area contributed by atoms with E-state index < -0.39 is 16.1 Å². The van der Waals surface area contributed by atoms with Gasteiger partial charge in [-0.1, -0.05) is 6.92 Å². The van der Waals surface area contributed by atoms with E-state index in [0.717, 1.165) is 0 Å². The summed E-state index contributed by atoms with van der Waals surface area (Å²) in [5.74, 6) is 0.000299. The van der Waals surface area contributed by atoms with Gasteiger partial charge in [-0.25, -0.2) is 13.4 Å². The predicted molar refractivity (Wildman–Crippen MR) is 82.5 cm³/mol. The molecule has 2 rings (SSSR count). The largest absolute Gasteiger partial charge is 0.372 e. The van der Waals surface area contributed by atoms with Crippen molar-refractivity contribution in [2.24, 2.45) is 0 Å². The fourth-order valence-corrected chi connectivity index (χ4v) is 4.62. The van der Waals surface area contributed by atoms with Crippen molar-refractivity contribution in [1.29, 1.82) is 0 Å². The van der Waals surface area contributed by atoms with Crippen LogP contribution in [-0.2, 0) is 14.8 Å². The topological polar surface area (TPSA) is 91.4 Å². The molecule has 0 saturated carbocycles. The van der Waals surface area contributed by atoms with Gasteiger partial charge in [-0.05, 0) is 28.4 Å². The summed E-state index contributed by atoms with van der Waals surface area (Å²) in [6, 6.07) is 0.806. The van der Waals surface area contributed by atoms with Gasteiger partial charge in [0.2, 0.25) is 15.9 Å². The number of piperazine rings is 1. The van der Waals surface area contributed by atoms with Crippen LogP contribution in [0.4, 0.5) is 5.82 Å². The lowest BCUT2D eigenvalue weighted by molar-refractivity contribution is -0.126. The molecule has 1 aromatic heterocycles. The molecule has 116 valence electrons. The molecule has 1 aromatic rings. The van der Waals surface area contributed by atoms with Gasteiger partial charge in [-0.2, -0.15) is 4.31 Å². The maximum Gasteiger partial charge on any atom is 0.247 e. The van der Waals surface area contributed by atoms with E-state index in [4.69, 9.17) is 0 Å². The van der Waals surface area contributed by atoms with Gasteiger partial charge in [0.1, 0.15) is 16.8 Å². The minimum atomic E-state index is -3.80. The van der Waals surface area contributed by atoms with E-state index in [1.807, 2.05) is 0 Å². The molecule has 0 bridgehead atoms. The number of rotatable bonds is 4. The van der Waals surface area contributed by atoms with E-state index in [1.165, 1.54) is 16.6 Å². The molecule has 2 N–H and O–H groups in total. The highest BCUT2D eigenvalue weighted by Gasteiger charge is 2.38. The summed E-state index contributed by atoms with van der Waals surface area (Å²) in [6.45, 7) is 2.35. The Kier molecular flexibility index (Phi) is 4.84. The number of halogens is 1. The molecule has 21 heavy (non-hydrogen) atoms. The fraction of sp³-hybridized carbons (Fsp3) is 0.500. The Labute approximate surface area is 132 Å². The number of hydrogen-bond donors (Lipinski definition) is 2. The first-order valence-corrected chi connectivity index (χ1v) is 8.78. The van der Waals surface area contributed by atoms with Crippen LogP contribution in [0.15, 0.2) is 21.6 Å². The Balaban J connectivity index is 2.50. The fourth-order valence-electron chi connectivity index (χ4n) is 2.30. The number of anilines is 1. The number of nitrogens with one attached hydrogen (secondary N) is 2. The zero-order valence-electron chi connectivity index (χ0n) is 11.8. The monoisotopic (exact) mass is 376 g/mol. The average Bonchev–Trinajstić information content (AvgIpc) is 2.46. The highest BCUT2D eigenvalue weighted by molar-refractivity contribution is 9.10. The van der Waals surface area contributed by atoms with Crippen LogP contribution in [0.25, 0.3) is 0 Å². The van der Waals surface area contributed by atoms with Crippen LogP contribution in [0.3, 0.4) is 0 Å². The van der Waals surface area contributed by atoms with Crippen LogP contribution in [0.1, 0.15) is 13.3 Å². The minimum absolute atomic E-state index is 0.0625. The van der Waals surface area contributed by atoms with Gasteiger partial charge in [-0.15, -0.1) is 0 Å². The van der Waals surface area contributed by atoms with Gasteiger partial charge < -0.3 is 10.6 Å². The Morgan fingerprint density at radius 3 is 2.90 bits per heavy atom. The minimum Gasteiger partial charge on any atom is -0.372 e. The Bertz CT molecular complexity index is 650. The number of aromatic nitrogens is 1. The highest BCUT2D eigenvalue weighted by atomic mass is 79.9. The zero-order chi connectivity index (χ0) is 15.6. The Morgan fingerprint density at radius 2 is 2.29 bits per heavy atom. The lowest BCUT2D eigenvalue weighted by Crippen LogP contribution is -2.56. The summed E-state index contributed by atoms with van der Waals surface area (Å²) < 4.78 is 27.6. The van der Waals surface area contributed by atoms with Crippen molar-refractivity contribution in [2.75, 3.05) is 25.5 Å². The van der Waals surface area contributed by atoms with Crippen molar-refractivity contribution in [1.82, 2.24) is 14.6 Å². The number of pyridine rings is 1. The molecular weight excluding hydrogens is 360 g/mol. The predicted octanol–water partition coefficient (Wildman–Crippen LogP) is 0.785. The number of carbonyl (C=O) groups excluding carboxylic acids is 1. The van der Waals surface area contributed by atoms with E-state index in [0.29, 0.717) is 17.4 Å². The first-order valence-electron chi connectivity index (χ1n) is 6.54. The molecule has 1 unspecified atom stereocenters. The molecule has 1 atom stereocenters. The number of carbonyl (C=O) groups is 1. The van der Waals surface area contributed by atoms with Crippen LogP contribution in [0, 0.1) is 0 Å². The molecule has 0 radical (unpaired) electrons. The van der Waals surface area contributed by atoms with E-state index in [-0.39, 0.29) is 23.2 Å². The first kappa shape index (κ1) is 16.2. The van der Waals surface area contributed by atoms with E-state index in [9.17, 15) is 13.2 Å². The number of nitrogens with zero attached hydrogens (tertiary/aromatic N) is 2. The highest BCUT2D eigenvalue weighted by Crippen LogP contribution is 2.28. The molecule has 9 heteroatoms. The molecule has 2 heterocycles. The number of hydrogen-bond acceptors (Lipinski definition) is 5. The molecule has 1 amide bonds. The molecule has 1 fully saturated rings. The second kappa shape index (κ2) is 6.29. The van der Waals surface area contributed by atoms with Crippen LogP contribution in [0.2, 0.25) is 0 Å². The second-order valence-corrected chi connectivity index (χ2v) is 7.36. The third-order valence-corrected chi connectivity index (χ3v) is 5.67. The van der Waals surface area contributed by atoms with Gasteiger partial charge in [-0.3, -0.25) is 4.79 Å². The third kappa shape index (κ3) is 3.04. The lowest BCUT2D eigenvalue weighted by atomic mass is 10.2. The van der Waals surface area contributed by atoms with Gasteiger partial charge in [0.05, 0.1) is 0 Å². The Hall–Kier alpha value is -1.19. The summed E-state index contributed by atoms with van der Waals surface area (Å²) in [7, 11) is -2.20. The maximum atomic E-state index is 12.9. The van der Waals surface area contributed by atoms with Crippen molar-refractivity contribution in [2.45, 2.75) is 24.3 Å². The van der Waals surface area contributed by atoms with Crippen molar-refractivity contribution in [3.63, 3.8) is 0 Å². The summed E-state index contributed by atoms with van der Waals surface area (Å²) in [5, 5.41) is 5.46. The van der Waals surface area contributed by atoms with Crippen molar-refractivity contribution in [3.05, 3.63) is 16.7 Å². The van der Waals surface area contributed by atoms with Crippen molar-refractivity contribution < 1.29 is 13.2 Å². The summed E-state index contributed by atoms with van der Waals surface area (Å²) in [5.41, 5.74) is 0. The molecule has 0 aromatic carbocycles. The SMILES string of the molecule is CCC1C(=O)NCCN1S(=O)(=O)c1cc(Br)cnc1NC. The average molecular weight is 377 g/mol. The van der Waals surface area contributed by atoms with Crippen molar-refractivity contribution >= 4 is 37.7 Å². The molecule has 0 aliphatic carbocycles. The first-order chi connectivity index (χ1) is 9.91. The van der Waals surface area contributed by atoms with Crippen LogP contribution in [0.5, 0.6) is 0 Å². The number of sulfonamides is 1. The van der Waals surface area contributed by atoms with Crippen molar-refractivity contribution in [3.8, 4) is 0 Å². The normalized spacial score (nSPS) is 20.1. The summed E-state index contributed by atoms with van der Waals surface area (Å²) in [4.78, 5) is 16.0. The van der Waals surface area contributed by atoms with Crippen LogP contribution >= 0.6 is 15.9 Å². The Morgan fingerprint density at radius 1 is 1.57 bits per heavy atom. The smallest absolute Gasteiger partial charge is 0.247 e. The zero-order valence-corrected chi connectivity index (χ0v) is 14.2. The van der Waals surface area contributed by atoms with E-state index in [1.54, 1.807) is 14.0 Å². The van der Waals surface area contributed by atoms with Gasteiger partial charge in [0.15, 0.2) is 0 Å². The third-order valence-electron chi connectivity index (χ3n) is 3.31. The lowest BCUT2D eigenvalue weighted by Gasteiger charge is -2.33. The second-order valence-electron chi connectivity index (χ2n) is 4.58. The van der Waals surface area contributed by atoms with Gasteiger partial charge in [0, 0.05) is 30.8 Å². The molecule has 0 spiro atoms. The molecule has 7 nitrogen and oxygen atoms in total. The molecule has 1 aliphatic rings. The molecule has 1 aliphatic heterocycles. The van der Waals surface area contributed by atoms with Crippen LogP contribution in [-0.4, -0.2) is 49.8 Å². The molecule has 1 saturated heterocycles. The quantitative estimate of drug-likeness (QED) is 0.810. The van der Waals surface area contributed by atoms with Gasteiger partial charge in [0.25, 0.3) is 0 Å². The standard InChI is InChI=1S/C12H17BrN4O3S/c1-3-9-12(18)15-4-5-17(9)21(19,20)10-6-8(13)7-16-11(10)14-2/h6-7,9H,3-5H2,1-2H3,(H,14,16)(H,15,18). The number of amides is 1. The van der Waals surface area contributed by atoms with E-state index >= 15 is 0 Å². The summed E-state index contributed by atoms with van der Waals surface area (Å²) >= 11 is 3.23. The maximum absolute atomic E-state index is 12.9. The van der Waals surface area contributed by atoms with Crippen LogP contribution < -0.4 is 10.6 Å². The summed E-state index contributed by atoms with van der Waals surface area (Å²) in [6.07, 6.45) is 1.94. The van der Waals surface area contributed by atoms with E-state index in [2.05, 4.69) is 31.5 Å².